The molecule has 0 radical (unpaired) electrons. The molecule has 1 heterocycles. The van der Waals surface area contributed by atoms with Crippen molar-refractivity contribution in [3.8, 4) is 17.2 Å². The Hall–Kier alpha value is -3.71. The highest BCUT2D eigenvalue weighted by atomic mass is 16.1. The first kappa shape index (κ1) is 19.6. The lowest BCUT2D eigenvalue weighted by atomic mass is 9.99. The summed E-state index contributed by atoms with van der Waals surface area (Å²) in [5.74, 6) is 0.833. The van der Waals surface area contributed by atoms with Crippen molar-refractivity contribution in [3.63, 3.8) is 0 Å². The molecular formula is C26H23N3O. The Labute approximate surface area is 176 Å². The van der Waals surface area contributed by atoms with E-state index in [1.54, 1.807) is 0 Å². The Kier molecular flexibility index (Phi) is 5.72. The molecule has 0 spiro atoms. The molecule has 0 amide bonds. The standard InChI is InChI=1S/C26H23N3O/c1-2-3-12-25-28-26(30)23-10-6-7-11-24(23)29(25)18-19-13-15-20(16-14-19)22-9-5-4-8-21(22)17-27/h4-11,13-16H,2-3,12,18H2,1H3. The molecule has 3 aromatic carbocycles. The van der Waals surface area contributed by atoms with Crippen LogP contribution < -0.4 is 5.56 Å². The summed E-state index contributed by atoms with van der Waals surface area (Å²) in [6.45, 7) is 2.79. The van der Waals surface area contributed by atoms with Gasteiger partial charge in [-0.25, -0.2) is 0 Å². The van der Waals surface area contributed by atoms with E-state index in [9.17, 15) is 10.1 Å². The van der Waals surface area contributed by atoms with Crippen LogP contribution >= 0.6 is 0 Å². The summed E-state index contributed by atoms with van der Waals surface area (Å²) in [4.78, 5) is 16.9. The average Bonchev–Trinajstić information content (AvgIpc) is 2.80. The predicted octanol–water partition coefficient (Wildman–Crippen LogP) is 5.33. The first-order chi connectivity index (χ1) is 14.7. The number of hydrogen-bond donors (Lipinski definition) is 0. The molecule has 0 aliphatic rings. The third-order valence-corrected chi connectivity index (χ3v) is 5.37. The van der Waals surface area contributed by atoms with Gasteiger partial charge in [0.2, 0.25) is 0 Å². The molecule has 0 saturated heterocycles. The number of aryl methyl sites for hydroxylation is 1. The van der Waals surface area contributed by atoms with E-state index in [4.69, 9.17) is 0 Å². The quantitative estimate of drug-likeness (QED) is 0.445. The van der Waals surface area contributed by atoms with Gasteiger partial charge < -0.3 is 4.57 Å². The molecule has 4 aromatic rings. The van der Waals surface area contributed by atoms with Crippen LogP contribution in [0.5, 0.6) is 0 Å². The average molecular weight is 393 g/mol. The molecular weight excluding hydrogens is 370 g/mol. The molecule has 0 saturated carbocycles. The maximum absolute atomic E-state index is 12.5. The number of para-hydroxylation sites is 1. The molecule has 0 bridgehead atoms. The van der Waals surface area contributed by atoms with Crippen molar-refractivity contribution in [2.24, 2.45) is 0 Å². The van der Waals surface area contributed by atoms with Crippen LogP contribution in [-0.2, 0) is 13.0 Å². The van der Waals surface area contributed by atoms with Gasteiger partial charge in [0, 0.05) is 13.0 Å². The van der Waals surface area contributed by atoms with Gasteiger partial charge in [-0.05, 0) is 41.3 Å². The fourth-order valence-corrected chi connectivity index (χ4v) is 3.77. The highest BCUT2D eigenvalue weighted by Crippen LogP contribution is 2.24. The number of fused-ring (bicyclic) bond motifs is 1. The zero-order valence-corrected chi connectivity index (χ0v) is 17.0. The minimum absolute atomic E-state index is 0.156. The minimum atomic E-state index is -0.156. The largest absolute Gasteiger partial charge is 0.325 e. The van der Waals surface area contributed by atoms with Crippen LogP contribution in [0.15, 0.2) is 77.6 Å². The smallest absolute Gasteiger partial charge is 0.280 e. The van der Waals surface area contributed by atoms with E-state index in [1.165, 1.54) is 0 Å². The highest BCUT2D eigenvalue weighted by Gasteiger charge is 2.11. The zero-order chi connectivity index (χ0) is 20.9. The Balaban J connectivity index is 1.73. The summed E-state index contributed by atoms with van der Waals surface area (Å²) in [6.07, 6.45) is 2.83. The van der Waals surface area contributed by atoms with Crippen LogP contribution in [0.2, 0.25) is 0 Å². The third kappa shape index (κ3) is 3.88. The summed E-state index contributed by atoms with van der Waals surface area (Å²) < 4.78 is 2.16. The Morgan fingerprint density at radius 1 is 0.967 bits per heavy atom. The topological polar surface area (TPSA) is 58.7 Å². The monoisotopic (exact) mass is 393 g/mol. The summed E-state index contributed by atoms with van der Waals surface area (Å²) in [5.41, 5.74) is 4.51. The van der Waals surface area contributed by atoms with Crippen molar-refractivity contribution in [1.29, 1.82) is 5.26 Å². The van der Waals surface area contributed by atoms with Crippen molar-refractivity contribution < 1.29 is 0 Å². The first-order valence-electron chi connectivity index (χ1n) is 10.3. The van der Waals surface area contributed by atoms with Crippen molar-refractivity contribution in [3.05, 3.63) is 100 Å². The normalized spacial score (nSPS) is 10.8. The van der Waals surface area contributed by atoms with Crippen molar-refractivity contribution in [1.82, 2.24) is 9.55 Å². The second kappa shape index (κ2) is 8.75. The van der Waals surface area contributed by atoms with Crippen LogP contribution in [0.25, 0.3) is 22.0 Å². The van der Waals surface area contributed by atoms with E-state index in [2.05, 4.69) is 46.8 Å². The second-order valence-electron chi connectivity index (χ2n) is 7.39. The van der Waals surface area contributed by atoms with Gasteiger partial charge in [0.25, 0.3) is 5.56 Å². The maximum atomic E-state index is 12.5. The molecule has 30 heavy (non-hydrogen) atoms. The molecule has 0 atom stereocenters. The Bertz CT molecular complexity index is 1280. The molecule has 0 aliphatic heterocycles. The van der Waals surface area contributed by atoms with E-state index in [-0.39, 0.29) is 5.56 Å². The highest BCUT2D eigenvalue weighted by molar-refractivity contribution is 5.78. The van der Waals surface area contributed by atoms with Crippen LogP contribution in [0.3, 0.4) is 0 Å². The Morgan fingerprint density at radius 3 is 2.47 bits per heavy atom. The fraction of sp³-hybridized carbons (Fsp3) is 0.192. The molecule has 4 heteroatoms. The first-order valence-corrected chi connectivity index (χ1v) is 10.3. The van der Waals surface area contributed by atoms with Gasteiger partial charge in [-0.1, -0.05) is 67.9 Å². The van der Waals surface area contributed by atoms with Gasteiger partial charge in [0.1, 0.15) is 5.82 Å². The van der Waals surface area contributed by atoms with Gasteiger partial charge in [0.05, 0.1) is 22.5 Å². The number of unbranched alkanes of at least 4 members (excludes halogenated alkanes) is 1. The van der Waals surface area contributed by atoms with Gasteiger partial charge in [-0.2, -0.15) is 10.2 Å². The van der Waals surface area contributed by atoms with Crippen LogP contribution in [0.1, 0.15) is 36.7 Å². The maximum Gasteiger partial charge on any atom is 0.280 e. The van der Waals surface area contributed by atoms with Crippen molar-refractivity contribution in [2.45, 2.75) is 32.7 Å². The SMILES string of the molecule is CCCCc1nc(=O)c2ccccc2n1Cc1ccc(-c2ccccc2C#N)cc1. The number of nitriles is 1. The van der Waals surface area contributed by atoms with Crippen LogP contribution in [0, 0.1) is 11.3 Å². The summed E-state index contributed by atoms with van der Waals surface area (Å²) in [7, 11) is 0. The minimum Gasteiger partial charge on any atom is -0.325 e. The summed E-state index contributed by atoms with van der Waals surface area (Å²) in [6, 6.07) is 25.8. The Morgan fingerprint density at radius 2 is 1.70 bits per heavy atom. The van der Waals surface area contributed by atoms with E-state index < -0.39 is 0 Å². The van der Waals surface area contributed by atoms with Crippen molar-refractivity contribution in [2.75, 3.05) is 0 Å². The van der Waals surface area contributed by atoms with Gasteiger partial charge >= 0.3 is 0 Å². The summed E-state index contributed by atoms with van der Waals surface area (Å²) in [5, 5.41) is 10.0. The fourth-order valence-electron chi connectivity index (χ4n) is 3.77. The van der Waals surface area contributed by atoms with Crippen LogP contribution in [-0.4, -0.2) is 9.55 Å². The molecule has 0 unspecified atom stereocenters. The molecule has 148 valence electrons. The number of benzene rings is 3. The second-order valence-corrected chi connectivity index (χ2v) is 7.39. The lowest BCUT2D eigenvalue weighted by Crippen LogP contribution is -2.19. The molecule has 1 aromatic heterocycles. The number of aromatic nitrogens is 2. The molecule has 4 rings (SSSR count). The number of nitrogens with zero attached hydrogens (tertiary/aromatic N) is 3. The molecule has 4 nitrogen and oxygen atoms in total. The molecule has 0 fully saturated rings. The lowest BCUT2D eigenvalue weighted by molar-refractivity contribution is 0.669. The predicted molar refractivity (Wildman–Crippen MR) is 120 cm³/mol. The lowest BCUT2D eigenvalue weighted by Gasteiger charge is -2.16. The summed E-state index contributed by atoms with van der Waals surface area (Å²) >= 11 is 0. The van der Waals surface area contributed by atoms with Gasteiger partial charge in [-0.15, -0.1) is 0 Å². The van der Waals surface area contributed by atoms with Gasteiger partial charge in [-0.3, -0.25) is 4.79 Å². The zero-order valence-electron chi connectivity index (χ0n) is 17.0. The molecule has 0 N–H and O–H groups in total. The van der Waals surface area contributed by atoms with Gasteiger partial charge in [0.15, 0.2) is 0 Å². The number of hydrogen-bond acceptors (Lipinski definition) is 3. The van der Waals surface area contributed by atoms with E-state index in [0.29, 0.717) is 17.5 Å². The van der Waals surface area contributed by atoms with E-state index in [1.807, 2.05) is 48.5 Å². The third-order valence-electron chi connectivity index (χ3n) is 5.37. The number of rotatable bonds is 6. The van der Waals surface area contributed by atoms with E-state index >= 15 is 0 Å². The van der Waals surface area contributed by atoms with Crippen LogP contribution in [0.4, 0.5) is 0 Å². The van der Waals surface area contributed by atoms with E-state index in [0.717, 1.165) is 47.3 Å². The van der Waals surface area contributed by atoms with Crippen molar-refractivity contribution >= 4 is 10.9 Å². The molecule has 0 aliphatic carbocycles.